The van der Waals surface area contributed by atoms with E-state index in [0.717, 1.165) is 25.3 Å². The number of hydrogen-bond donors (Lipinski definition) is 0. The molecule has 1 heterocycles. The lowest BCUT2D eigenvalue weighted by molar-refractivity contribution is 0.0777. The number of rotatable bonds is 2. The molecule has 1 saturated heterocycles. The number of hydrogen-bond acceptors (Lipinski definition) is 3. The van der Waals surface area contributed by atoms with Crippen molar-refractivity contribution in [3.63, 3.8) is 0 Å². The molecule has 1 fully saturated rings. The van der Waals surface area contributed by atoms with Gasteiger partial charge in [-0.15, -0.1) is 0 Å². The molecule has 1 unspecified atom stereocenters. The minimum absolute atomic E-state index is 0.0165. The molecule has 0 saturated carbocycles. The van der Waals surface area contributed by atoms with E-state index < -0.39 is 0 Å². The maximum absolute atomic E-state index is 11.6. The van der Waals surface area contributed by atoms with Crippen molar-refractivity contribution < 1.29 is 9.53 Å². The van der Waals surface area contributed by atoms with Crippen molar-refractivity contribution in [1.82, 2.24) is 4.90 Å². The van der Waals surface area contributed by atoms with Gasteiger partial charge in [-0.2, -0.15) is 11.8 Å². The van der Waals surface area contributed by atoms with Crippen molar-refractivity contribution in [3.05, 3.63) is 0 Å². The Morgan fingerprint density at radius 2 is 2.36 bits per heavy atom. The molecule has 0 N–H and O–H groups in total. The van der Waals surface area contributed by atoms with E-state index >= 15 is 0 Å². The third-order valence-electron chi connectivity index (χ3n) is 2.19. The van der Waals surface area contributed by atoms with Crippen molar-refractivity contribution in [1.29, 1.82) is 0 Å². The zero-order valence-corrected chi connectivity index (χ0v) is 9.97. The average molecular weight is 217 g/mol. The Kier molecular flexibility index (Phi) is 4.58. The van der Waals surface area contributed by atoms with Crippen LogP contribution in [0.15, 0.2) is 0 Å². The van der Waals surface area contributed by atoms with Gasteiger partial charge >= 0.3 is 6.09 Å². The van der Waals surface area contributed by atoms with Gasteiger partial charge in [0.05, 0.1) is 6.10 Å². The highest BCUT2D eigenvalue weighted by atomic mass is 32.2. The van der Waals surface area contributed by atoms with Gasteiger partial charge in [-0.05, 0) is 20.3 Å². The lowest BCUT2D eigenvalue weighted by atomic mass is 10.3. The van der Waals surface area contributed by atoms with E-state index in [1.54, 1.807) is 0 Å². The van der Waals surface area contributed by atoms with Gasteiger partial charge in [-0.3, -0.25) is 0 Å². The van der Waals surface area contributed by atoms with Gasteiger partial charge in [-0.1, -0.05) is 6.92 Å². The molecule has 4 heteroatoms. The van der Waals surface area contributed by atoms with Gasteiger partial charge in [-0.25, -0.2) is 4.79 Å². The first-order chi connectivity index (χ1) is 6.63. The second-order valence-corrected chi connectivity index (χ2v) is 5.19. The molecular formula is C10H19NO2S. The molecule has 1 aliphatic rings. The summed E-state index contributed by atoms with van der Waals surface area (Å²) in [5.74, 6) is 1.03. The normalized spacial score (nSPS) is 22.6. The lowest BCUT2D eigenvalue weighted by Crippen LogP contribution is -2.42. The molecule has 0 aromatic carbocycles. The van der Waals surface area contributed by atoms with Crippen LogP contribution in [-0.4, -0.2) is 41.2 Å². The quantitative estimate of drug-likeness (QED) is 0.711. The molecule has 0 radical (unpaired) electrons. The molecule has 3 nitrogen and oxygen atoms in total. The number of nitrogens with zero attached hydrogens (tertiary/aromatic N) is 1. The zero-order valence-electron chi connectivity index (χ0n) is 9.16. The first kappa shape index (κ1) is 11.7. The fourth-order valence-electron chi connectivity index (χ4n) is 1.41. The average Bonchev–Trinajstić information content (AvgIpc) is 2.17. The Labute approximate surface area is 90.2 Å². The molecule has 82 valence electrons. The largest absolute Gasteiger partial charge is 0.447 e. The lowest BCUT2D eigenvalue weighted by Gasteiger charge is -2.31. The van der Waals surface area contributed by atoms with E-state index in [0.29, 0.717) is 5.25 Å². The van der Waals surface area contributed by atoms with Crippen LogP contribution in [0.3, 0.4) is 0 Å². The van der Waals surface area contributed by atoms with Crippen molar-refractivity contribution in [3.8, 4) is 0 Å². The Balaban J connectivity index is 2.39. The maximum Gasteiger partial charge on any atom is 0.410 e. The molecule has 0 aromatic heterocycles. The van der Waals surface area contributed by atoms with Gasteiger partial charge in [0.15, 0.2) is 0 Å². The van der Waals surface area contributed by atoms with Gasteiger partial charge in [0, 0.05) is 24.1 Å². The van der Waals surface area contributed by atoms with E-state index in [-0.39, 0.29) is 12.2 Å². The van der Waals surface area contributed by atoms with Crippen LogP contribution in [0, 0.1) is 0 Å². The summed E-state index contributed by atoms with van der Waals surface area (Å²) in [6.45, 7) is 7.59. The summed E-state index contributed by atoms with van der Waals surface area (Å²) in [5, 5.41) is 0.587. The molecule has 1 atom stereocenters. The van der Waals surface area contributed by atoms with Crippen LogP contribution in [0.4, 0.5) is 4.79 Å². The SMILES string of the molecule is CCC1CN(C(=O)OC(C)C)CCS1. The van der Waals surface area contributed by atoms with Gasteiger partial charge < -0.3 is 9.64 Å². The number of carbonyl (C=O) groups is 1. The molecule has 14 heavy (non-hydrogen) atoms. The van der Waals surface area contributed by atoms with Crippen LogP contribution < -0.4 is 0 Å². The predicted molar refractivity (Wildman–Crippen MR) is 59.7 cm³/mol. The summed E-state index contributed by atoms with van der Waals surface area (Å²) in [5.41, 5.74) is 0. The second-order valence-electron chi connectivity index (χ2n) is 3.78. The second kappa shape index (κ2) is 5.49. The number of thioether (sulfide) groups is 1. The Hall–Kier alpha value is -0.380. The van der Waals surface area contributed by atoms with E-state index in [2.05, 4.69) is 6.92 Å². The minimum atomic E-state index is -0.154. The van der Waals surface area contributed by atoms with E-state index in [1.165, 1.54) is 0 Å². The highest BCUT2D eigenvalue weighted by Crippen LogP contribution is 2.21. The van der Waals surface area contributed by atoms with Crippen LogP contribution >= 0.6 is 11.8 Å². The number of carbonyl (C=O) groups excluding carboxylic acids is 1. The summed E-state index contributed by atoms with van der Waals surface area (Å²) >= 11 is 1.95. The van der Waals surface area contributed by atoms with E-state index in [1.807, 2.05) is 30.5 Å². The van der Waals surface area contributed by atoms with Gasteiger partial charge in [0.2, 0.25) is 0 Å². The van der Waals surface area contributed by atoms with Crippen molar-refractivity contribution >= 4 is 17.9 Å². The molecule has 0 aliphatic carbocycles. The third kappa shape index (κ3) is 3.40. The maximum atomic E-state index is 11.6. The van der Waals surface area contributed by atoms with Crippen molar-refractivity contribution in [2.24, 2.45) is 0 Å². The van der Waals surface area contributed by atoms with Gasteiger partial charge in [0.1, 0.15) is 0 Å². The summed E-state index contributed by atoms with van der Waals surface area (Å²) in [4.78, 5) is 13.4. The Bertz CT molecular complexity index is 197. The molecular weight excluding hydrogens is 198 g/mol. The van der Waals surface area contributed by atoms with E-state index in [4.69, 9.17) is 4.74 Å². The fourth-order valence-corrected chi connectivity index (χ4v) is 2.59. The minimum Gasteiger partial charge on any atom is -0.447 e. The topological polar surface area (TPSA) is 29.5 Å². The molecule has 0 bridgehead atoms. The molecule has 1 amide bonds. The number of amides is 1. The van der Waals surface area contributed by atoms with Crippen molar-refractivity contribution in [2.75, 3.05) is 18.8 Å². The van der Waals surface area contributed by atoms with Crippen LogP contribution in [0.5, 0.6) is 0 Å². The molecule has 1 rings (SSSR count). The molecule has 0 spiro atoms. The summed E-state index contributed by atoms with van der Waals surface area (Å²) in [6.07, 6.45) is 0.951. The number of ether oxygens (including phenoxy) is 1. The van der Waals surface area contributed by atoms with E-state index in [9.17, 15) is 4.79 Å². The summed E-state index contributed by atoms with van der Waals surface area (Å²) < 4.78 is 5.16. The Morgan fingerprint density at radius 3 is 2.93 bits per heavy atom. The first-order valence-electron chi connectivity index (χ1n) is 5.20. The Morgan fingerprint density at radius 1 is 1.64 bits per heavy atom. The highest BCUT2D eigenvalue weighted by molar-refractivity contribution is 8.00. The van der Waals surface area contributed by atoms with Crippen LogP contribution in [0.25, 0.3) is 0 Å². The van der Waals surface area contributed by atoms with Gasteiger partial charge in [0.25, 0.3) is 0 Å². The molecule has 0 aromatic rings. The van der Waals surface area contributed by atoms with Crippen LogP contribution in [0.1, 0.15) is 27.2 Å². The zero-order chi connectivity index (χ0) is 10.6. The monoisotopic (exact) mass is 217 g/mol. The summed E-state index contributed by atoms with van der Waals surface area (Å²) in [6, 6.07) is 0. The highest BCUT2D eigenvalue weighted by Gasteiger charge is 2.24. The van der Waals surface area contributed by atoms with Crippen molar-refractivity contribution in [2.45, 2.75) is 38.5 Å². The summed E-state index contributed by atoms with van der Waals surface area (Å²) in [7, 11) is 0. The fraction of sp³-hybridized carbons (Fsp3) is 0.900. The smallest absolute Gasteiger partial charge is 0.410 e. The third-order valence-corrected chi connectivity index (χ3v) is 3.56. The van der Waals surface area contributed by atoms with Crippen LogP contribution in [0.2, 0.25) is 0 Å². The molecule has 1 aliphatic heterocycles. The predicted octanol–water partition coefficient (Wildman–Crippen LogP) is 2.36. The standard InChI is InChI=1S/C10H19NO2S/c1-4-9-7-11(5-6-14-9)10(12)13-8(2)3/h8-9H,4-7H2,1-3H3. The first-order valence-corrected chi connectivity index (χ1v) is 6.25. The van der Waals surface area contributed by atoms with Crippen LogP contribution in [-0.2, 0) is 4.74 Å².